The van der Waals surface area contributed by atoms with Crippen LogP contribution < -0.4 is 0 Å². The Balaban J connectivity index is 0.00000387. The molecule has 5 atom stereocenters. The van der Waals surface area contributed by atoms with Crippen LogP contribution in [0.3, 0.4) is 0 Å². The Kier molecular flexibility index (Phi) is 12.5. The normalized spacial score (nSPS) is 22.1. The van der Waals surface area contributed by atoms with Gasteiger partial charge in [0, 0.05) is 0 Å². The molecule has 1 N–H and O–H groups in total. The molecule has 5 rings (SSSR count). The fourth-order valence-electron chi connectivity index (χ4n) is 4.77. The van der Waals surface area contributed by atoms with Crippen LogP contribution in [0.1, 0.15) is 22.3 Å². The molecule has 0 aromatic heterocycles. The van der Waals surface area contributed by atoms with Crippen molar-refractivity contribution in [1.82, 2.24) is 0 Å². The highest BCUT2D eigenvalue weighted by molar-refractivity contribution is 8.93. The summed E-state index contributed by atoms with van der Waals surface area (Å²) in [6, 6.07) is 39.7. The highest BCUT2D eigenvalue weighted by atomic mass is 79.9. The van der Waals surface area contributed by atoms with E-state index in [0.29, 0.717) is 26.4 Å². The number of hydrogen-bond acceptors (Lipinski definition) is 6. The molecule has 4 aromatic carbocycles. The van der Waals surface area contributed by atoms with Crippen molar-refractivity contribution >= 4 is 17.0 Å². The third-order valence-corrected chi connectivity index (χ3v) is 6.86. The maximum absolute atomic E-state index is 11.2. The summed E-state index contributed by atoms with van der Waals surface area (Å²) < 4.78 is 31.4. The lowest BCUT2D eigenvalue weighted by Crippen LogP contribution is -2.61. The van der Waals surface area contributed by atoms with E-state index in [2.05, 4.69) is 0 Å². The van der Waals surface area contributed by atoms with E-state index in [1.54, 1.807) is 0 Å². The fraction of sp³-hybridized carbons (Fsp3) is 0.294. The zero-order valence-electron chi connectivity index (χ0n) is 22.9. The van der Waals surface area contributed by atoms with Crippen molar-refractivity contribution in [3.8, 4) is 0 Å². The van der Waals surface area contributed by atoms with Crippen molar-refractivity contribution in [2.24, 2.45) is 0 Å². The number of hydrogen-bond donors (Lipinski definition) is 1. The quantitative estimate of drug-likeness (QED) is 0.190. The second kappa shape index (κ2) is 16.5. The number of aliphatic hydroxyl groups is 1. The molecule has 1 heterocycles. The summed E-state index contributed by atoms with van der Waals surface area (Å²) in [6.45, 7) is 1.65. The lowest BCUT2D eigenvalue weighted by molar-refractivity contribution is -0.317. The predicted octanol–water partition coefficient (Wildman–Crippen LogP) is 6.25. The topological polar surface area (TPSA) is 66.4 Å². The van der Waals surface area contributed by atoms with Gasteiger partial charge in [-0.15, -0.1) is 17.0 Å². The van der Waals surface area contributed by atoms with Gasteiger partial charge in [0.1, 0.15) is 24.4 Å². The molecule has 0 amide bonds. The Morgan fingerprint density at radius 2 is 0.854 bits per heavy atom. The van der Waals surface area contributed by atoms with Gasteiger partial charge in [-0.1, -0.05) is 121 Å². The summed E-state index contributed by atoms with van der Waals surface area (Å²) in [5.41, 5.74) is 4.10. The van der Waals surface area contributed by atoms with Crippen LogP contribution in [-0.4, -0.2) is 42.4 Å². The molecule has 4 aromatic rings. The molecule has 41 heavy (non-hydrogen) atoms. The summed E-state index contributed by atoms with van der Waals surface area (Å²) in [5, 5.41) is 11.2. The maximum Gasteiger partial charge on any atom is 0.184 e. The first-order valence-electron chi connectivity index (χ1n) is 13.7. The van der Waals surface area contributed by atoms with Crippen LogP contribution in [0.5, 0.6) is 0 Å². The largest absolute Gasteiger partial charge is 0.374 e. The molecule has 0 spiro atoms. The van der Waals surface area contributed by atoms with Gasteiger partial charge in [0.2, 0.25) is 0 Å². The van der Waals surface area contributed by atoms with E-state index in [-0.39, 0.29) is 23.6 Å². The zero-order valence-corrected chi connectivity index (χ0v) is 24.6. The Hall–Kier alpha value is -2.88. The highest BCUT2D eigenvalue weighted by Crippen LogP contribution is 2.30. The molecule has 7 heteroatoms. The summed E-state index contributed by atoms with van der Waals surface area (Å²) in [7, 11) is 0. The monoisotopic (exact) mass is 620 g/mol. The first-order valence-corrected chi connectivity index (χ1v) is 13.7. The van der Waals surface area contributed by atoms with Gasteiger partial charge in [0.15, 0.2) is 6.29 Å². The molecular weight excluding hydrogens is 584 g/mol. The highest BCUT2D eigenvalue weighted by Gasteiger charge is 2.48. The van der Waals surface area contributed by atoms with E-state index in [1.807, 2.05) is 121 Å². The Labute approximate surface area is 252 Å². The second-order valence-electron chi connectivity index (χ2n) is 9.85. The minimum atomic E-state index is -1.22. The molecule has 1 fully saturated rings. The molecule has 0 saturated carbocycles. The average Bonchev–Trinajstić information content (AvgIpc) is 3.01. The third kappa shape index (κ3) is 9.31. The van der Waals surface area contributed by atoms with Crippen LogP contribution in [-0.2, 0) is 50.1 Å². The number of aliphatic hydroxyl groups excluding tert-OH is 1. The van der Waals surface area contributed by atoms with Crippen LogP contribution in [0.25, 0.3) is 0 Å². The molecule has 216 valence electrons. The molecule has 0 bridgehead atoms. The van der Waals surface area contributed by atoms with Gasteiger partial charge in [0.05, 0.1) is 33.0 Å². The van der Waals surface area contributed by atoms with Crippen LogP contribution in [0.2, 0.25) is 0 Å². The number of ether oxygens (including phenoxy) is 5. The minimum absolute atomic E-state index is 0. The fourth-order valence-corrected chi connectivity index (χ4v) is 4.77. The van der Waals surface area contributed by atoms with Gasteiger partial charge in [-0.05, 0) is 22.3 Å². The van der Waals surface area contributed by atoms with E-state index in [1.165, 1.54) is 0 Å². The van der Waals surface area contributed by atoms with Gasteiger partial charge in [-0.2, -0.15) is 0 Å². The summed E-state index contributed by atoms with van der Waals surface area (Å²) >= 11 is 0. The van der Waals surface area contributed by atoms with E-state index in [0.717, 1.165) is 22.3 Å². The van der Waals surface area contributed by atoms with Gasteiger partial charge in [0.25, 0.3) is 0 Å². The molecule has 0 aliphatic carbocycles. The standard InChI is InChI=1S/C34H36O6.BrH/c35-34-33(39-24-29-19-11-4-12-20-29)32(38-23-28-17-9-3-10-18-28)31(37-22-27-15-7-2-8-16-27)30(40-34)25-36-21-26-13-5-1-6-14-26;/h1-20,30-35H,21-25H2;1H/t30-,31-,32+,33-,34?;/m1./s1. The Morgan fingerprint density at radius 1 is 0.488 bits per heavy atom. The first-order chi connectivity index (χ1) is 19.8. The van der Waals surface area contributed by atoms with Crippen molar-refractivity contribution in [3.05, 3.63) is 144 Å². The maximum atomic E-state index is 11.2. The van der Waals surface area contributed by atoms with Gasteiger partial charge >= 0.3 is 0 Å². The number of halogens is 1. The molecule has 1 aliphatic heterocycles. The van der Waals surface area contributed by atoms with Crippen LogP contribution >= 0.6 is 17.0 Å². The van der Waals surface area contributed by atoms with Crippen LogP contribution in [0.4, 0.5) is 0 Å². The smallest absolute Gasteiger partial charge is 0.184 e. The Morgan fingerprint density at radius 3 is 1.29 bits per heavy atom. The molecule has 1 aliphatic rings. The SMILES string of the molecule is Br.OC1O[C@H](COCc2ccccc2)[C@@H](OCc2ccccc2)[C@H](OCc2ccccc2)[C@H]1OCc1ccccc1. The molecule has 6 nitrogen and oxygen atoms in total. The summed E-state index contributed by atoms with van der Waals surface area (Å²) in [5.74, 6) is 0. The van der Waals surface area contributed by atoms with E-state index >= 15 is 0 Å². The lowest BCUT2D eigenvalue weighted by Gasteiger charge is -2.44. The third-order valence-electron chi connectivity index (χ3n) is 6.86. The van der Waals surface area contributed by atoms with Crippen molar-refractivity contribution in [3.63, 3.8) is 0 Å². The Bertz CT molecular complexity index is 1250. The number of benzene rings is 4. The first kappa shape index (κ1) is 31.1. The molecule has 1 saturated heterocycles. The van der Waals surface area contributed by atoms with Gasteiger partial charge in [-0.25, -0.2) is 0 Å². The molecular formula is C34H37BrO6. The van der Waals surface area contributed by atoms with E-state index < -0.39 is 30.7 Å². The van der Waals surface area contributed by atoms with Crippen LogP contribution in [0, 0.1) is 0 Å². The van der Waals surface area contributed by atoms with Crippen molar-refractivity contribution < 1.29 is 28.8 Å². The molecule has 0 radical (unpaired) electrons. The summed E-state index contributed by atoms with van der Waals surface area (Å²) in [4.78, 5) is 0. The van der Waals surface area contributed by atoms with Gasteiger partial charge in [-0.3, -0.25) is 0 Å². The van der Waals surface area contributed by atoms with Crippen molar-refractivity contribution in [2.75, 3.05) is 6.61 Å². The van der Waals surface area contributed by atoms with Crippen LogP contribution in [0.15, 0.2) is 121 Å². The van der Waals surface area contributed by atoms with Crippen molar-refractivity contribution in [1.29, 1.82) is 0 Å². The molecule has 1 unspecified atom stereocenters. The van der Waals surface area contributed by atoms with Crippen molar-refractivity contribution in [2.45, 2.75) is 57.1 Å². The van der Waals surface area contributed by atoms with Gasteiger partial charge < -0.3 is 28.8 Å². The lowest BCUT2D eigenvalue weighted by atomic mass is 9.98. The second-order valence-corrected chi connectivity index (χ2v) is 9.85. The van der Waals surface area contributed by atoms with E-state index in [4.69, 9.17) is 23.7 Å². The predicted molar refractivity (Wildman–Crippen MR) is 162 cm³/mol. The number of rotatable bonds is 13. The van der Waals surface area contributed by atoms with E-state index in [9.17, 15) is 5.11 Å². The summed E-state index contributed by atoms with van der Waals surface area (Å²) in [6.07, 6.45) is -3.72. The zero-order chi connectivity index (χ0) is 27.4. The minimum Gasteiger partial charge on any atom is -0.374 e. The average molecular weight is 622 g/mol.